The van der Waals surface area contributed by atoms with Gasteiger partial charge in [0.05, 0.1) is 51.4 Å². The smallest absolute Gasteiger partial charge is 0.507 e. The van der Waals surface area contributed by atoms with E-state index in [0.717, 1.165) is 12.8 Å². The van der Waals surface area contributed by atoms with Gasteiger partial charge in [0.25, 0.3) is 0 Å². The molecule has 0 aliphatic rings. The molecule has 4 rings (SSSR count). The minimum absolute atomic E-state index is 0.0789. The molecule has 2 unspecified atom stereocenters. The number of unbranched alkanes of at least 4 members (excludes halogenated alkanes) is 2. The molecule has 0 saturated carbocycles. The molecule has 0 bridgehead atoms. The lowest BCUT2D eigenvalue weighted by Gasteiger charge is -2.31. The van der Waals surface area contributed by atoms with Crippen molar-refractivity contribution in [1.82, 2.24) is 15.0 Å². The number of phenols is 2. The van der Waals surface area contributed by atoms with Crippen LogP contribution in [0, 0.1) is 0 Å². The average Bonchev–Trinajstić information content (AvgIpc) is 3.18. The Hall–Kier alpha value is -5.67. The summed E-state index contributed by atoms with van der Waals surface area (Å²) in [7, 11) is 2.35. The second kappa shape index (κ2) is 19.4. The Labute approximate surface area is 314 Å². The van der Waals surface area contributed by atoms with Crippen LogP contribution in [0.15, 0.2) is 66.7 Å². The summed E-state index contributed by atoms with van der Waals surface area (Å²) in [6, 6.07) is 17.9. The third kappa shape index (κ3) is 10.7. The zero-order chi connectivity index (χ0) is 39.1. The summed E-state index contributed by atoms with van der Waals surface area (Å²) < 4.78 is 43.8. The standard InChI is InChI=1S/C39H47N3O12/c1-7-11-22-49-38(9-3,53-36(45)47-5)51-27-18-20-29(31(43)24-27)34-40-33(26-16-14-13-15-17-26)41-35(42-34)30-21-19-28(25-32(30)44)52-39(10-4,50-23-12-8-2)54-37(46)48-6/h13-21,24-25,43-44H,7-12,22-23H2,1-6H3. The monoisotopic (exact) mass is 749 g/mol. The molecule has 290 valence electrons. The van der Waals surface area contributed by atoms with E-state index in [0.29, 0.717) is 18.4 Å². The van der Waals surface area contributed by atoms with Crippen molar-refractivity contribution in [2.45, 2.75) is 78.2 Å². The molecule has 15 heteroatoms. The molecule has 1 heterocycles. The van der Waals surface area contributed by atoms with Crippen molar-refractivity contribution in [2.75, 3.05) is 27.4 Å². The van der Waals surface area contributed by atoms with Gasteiger partial charge in [-0.1, -0.05) is 70.9 Å². The number of hydrogen-bond donors (Lipinski definition) is 2. The quantitative estimate of drug-likeness (QED) is 0.0528. The number of carbonyl (C=O) groups excluding carboxylic acids is 2. The Balaban J connectivity index is 1.73. The number of methoxy groups -OCH3 is 2. The molecule has 0 amide bonds. The van der Waals surface area contributed by atoms with Crippen molar-refractivity contribution in [3.05, 3.63) is 66.7 Å². The summed E-state index contributed by atoms with van der Waals surface area (Å²) in [5, 5.41) is 22.6. The predicted molar refractivity (Wildman–Crippen MR) is 195 cm³/mol. The number of nitrogens with zero attached hydrogens (tertiary/aromatic N) is 3. The average molecular weight is 750 g/mol. The van der Waals surface area contributed by atoms with E-state index in [1.807, 2.05) is 44.2 Å². The van der Waals surface area contributed by atoms with E-state index in [1.54, 1.807) is 13.8 Å². The first kappa shape index (κ1) is 41.1. The van der Waals surface area contributed by atoms with Crippen molar-refractivity contribution in [3.8, 4) is 57.2 Å². The number of benzene rings is 3. The van der Waals surface area contributed by atoms with Gasteiger partial charge < -0.3 is 48.1 Å². The van der Waals surface area contributed by atoms with E-state index in [1.165, 1.54) is 50.6 Å². The highest BCUT2D eigenvalue weighted by atomic mass is 16.9. The second-order valence-corrected chi connectivity index (χ2v) is 11.8. The number of phenolic OH excluding ortho intramolecular Hbond substituents is 2. The number of carbonyl (C=O) groups is 2. The van der Waals surface area contributed by atoms with Crippen LogP contribution in [0.5, 0.6) is 23.0 Å². The number of rotatable bonds is 19. The van der Waals surface area contributed by atoms with Crippen molar-refractivity contribution < 1.29 is 57.7 Å². The fraction of sp³-hybridized carbons (Fsp3) is 0.410. The number of aromatic hydroxyl groups is 2. The molecule has 1 aromatic heterocycles. The van der Waals surface area contributed by atoms with Gasteiger partial charge in [0.15, 0.2) is 17.5 Å². The lowest BCUT2D eigenvalue weighted by Crippen LogP contribution is -2.43. The van der Waals surface area contributed by atoms with E-state index in [9.17, 15) is 19.8 Å². The lowest BCUT2D eigenvalue weighted by molar-refractivity contribution is -0.323. The van der Waals surface area contributed by atoms with Gasteiger partial charge in [-0.2, -0.15) is 0 Å². The van der Waals surface area contributed by atoms with Crippen LogP contribution in [0.3, 0.4) is 0 Å². The number of ether oxygens (including phenoxy) is 8. The second-order valence-electron chi connectivity index (χ2n) is 11.8. The van der Waals surface area contributed by atoms with Gasteiger partial charge in [-0.3, -0.25) is 0 Å². The Morgan fingerprint density at radius 3 is 1.41 bits per heavy atom. The number of aromatic nitrogens is 3. The third-order valence-corrected chi connectivity index (χ3v) is 7.95. The Morgan fingerprint density at radius 1 is 0.611 bits per heavy atom. The first-order valence-corrected chi connectivity index (χ1v) is 17.7. The van der Waals surface area contributed by atoms with Gasteiger partial charge in [0.1, 0.15) is 23.0 Å². The summed E-state index contributed by atoms with van der Waals surface area (Å²) >= 11 is 0. The molecule has 0 aliphatic heterocycles. The van der Waals surface area contributed by atoms with Gasteiger partial charge in [-0.15, -0.1) is 0 Å². The molecule has 0 fully saturated rings. The Morgan fingerprint density at radius 2 is 1.04 bits per heavy atom. The zero-order valence-electron chi connectivity index (χ0n) is 31.3. The highest BCUT2D eigenvalue weighted by molar-refractivity contribution is 5.73. The van der Waals surface area contributed by atoms with E-state index < -0.39 is 24.3 Å². The van der Waals surface area contributed by atoms with Crippen LogP contribution in [0.2, 0.25) is 0 Å². The van der Waals surface area contributed by atoms with Crippen LogP contribution in [0.25, 0.3) is 34.2 Å². The molecule has 2 N–H and O–H groups in total. The maximum absolute atomic E-state index is 12.1. The zero-order valence-corrected chi connectivity index (χ0v) is 31.3. The third-order valence-electron chi connectivity index (χ3n) is 7.95. The highest BCUT2D eigenvalue weighted by Crippen LogP contribution is 2.38. The Kier molecular flexibility index (Phi) is 14.8. The molecular weight excluding hydrogens is 702 g/mol. The van der Waals surface area contributed by atoms with Crippen molar-refractivity contribution >= 4 is 12.3 Å². The topological polar surface area (TPSA) is 187 Å². The highest BCUT2D eigenvalue weighted by Gasteiger charge is 2.39. The van der Waals surface area contributed by atoms with Gasteiger partial charge >= 0.3 is 24.3 Å². The molecule has 0 saturated heterocycles. The summed E-state index contributed by atoms with van der Waals surface area (Å²) in [4.78, 5) is 38.1. The van der Waals surface area contributed by atoms with Crippen molar-refractivity contribution in [3.63, 3.8) is 0 Å². The maximum Gasteiger partial charge on any atom is 0.513 e. The maximum atomic E-state index is 12.1. The van der Waals surface area contributed by atoms with Crippen molar-refractivity contribution in [2.24, 2.45) is 0 Å². The molecule has 54 heavy (non-hydrogen) atoms. The van der Waals surface area contributed by atoms with Crippen LogP contribution in [-0.2, 0) is 28.4 Å². The molecule has 0 spiro atoms. The van der Waals surface area contributed by atoms with Crippen LogP contribution < -0.4 is 9.47 Å². The molecule has 0 aliphatic carbocycles. The Bertz CT molecular complexity index is 1730. The summed E-state index contributed by atoms with van der Waals surface area (Å²) in [5.74, 6) is -3.48. The fourth-order valence-electron chi connectivity index (χ4n) is 4.95. The van der Waals surface area contributed by atoms with Crippen LogP contribution in [0.1, 0.15) is 66.2 Å². The fourth-order valence-corrected chi connectivity index (χ4v) is 4.95. The first-order valence-electron chi connectivity index (χ1n) is 17.7. The van der Waals surface area contributed by atoms with E-state index in [2.05, 4.69) is 24.4 Å². The van der Waals surface area contributed by atoms with Gasteiger partial charge in [-0.25, -0.2) is 24.5 Å². The molecule has 3 aromatic carbocycles. The lowest BCUT2D eigenvalue weighted by atomic mass is 10.1. The van der Waals surface area contributed by atoms with E-state index in [4.69, 9.17) is 28.4 Å². The van der Waals surface area contributed by atoms with Crippen molar-refractivity contribution in [1.29, 1.82) is 0 Å². The van der Waals surface area contributed by atoms with E-state index >= 15 is 0 Å². The molecule has 0 radical (unpaired) electrons. The molecular formula is C39H47N3O12. The van der Waals surface area contributed by atoms with Crippen LogP contribution >= 0.6 is 0 Å². The first-order chi connectivity index (χ1) is 26.0. The summed E-state index contributed by atoms with van der Waals surface area (Å²) in [6.07, 6.45) is 1.28. The SMILES string of the molecule is CCCCOC(CC)(OC(=O)OC)Oc1ccc(-c2nc(-c3ccccc3)nc(-c3ccc(OC(CC)(OCCCC)OC(=O)OC)cc3O)n2)c(O)c1. The summed E-state index contributed by atoms with van der Waals surface area (Å²) in [5.41, 5.74) is 1.07. The number of hydrogen-bond acceptors (Lipinski definition) is 15. The normalized spacial score (nSPS) is 13.2. The van der Waals surface area contributed by atoms with Gasteiger partial charge in [-0.05, 0) is 37.1 Å². The van der Waals surface area contributed by atoms with Crippen LogP contribution in [-0.4, -0.2) is 76.9 Å². The summed E-state index contributed by atoms with van der Waals surface area (Å²) in [6.45, 7) is 7.90. The molecule has 15 nitrogen and oxygen atoms in total. The van der Waals surface area contributed by atoms with Gasteiger partial charge in [0.2, 0.25) is 0 Å². The molecule has 4 aromatic rings. The van der Waals surface area contributed by atoms with Crippen LogP contribution in [0.4, 0.5) is 9.59 Å². The minimum atomic E-state index is -1.81. The largest absolute Gasteiger partial charge is 0.513 e. The van der Waals surface area contributed by atoms with E-state index in [-0.39, 0.29) is 77.7 Å². The minimum Gasteiger partial charge on any atom is -0.507 e. The molecule has 2 atom stereocenters. The van der Waals surface area contributed by atoms with Gasteiger partial charge in [0, 0.05) is 17.7 Å². The predicted octanol–water partition coefficient (Wildman–Crippen LogP) is 8.37.